The lowest BCUT2D eigenvalue weighted by Crippen LogP contribution is -2.67. The van der Waals surface area contributed by atoms with Gasteiger partial charge in [-0.1, -0.05) is 27.7 Å². The molecule has 0 aromatic heterocycles. The largest absolute Gasteiger partial charge is 0.376 e. The van der Waals surface area contributed by atoms with Crippen LogP contribution >= 0.6 is 0 Å². The number of nitrogens with zero attached hydrogens (tertiary/aromatic N) is 1. The van der Waals surface area contributed by atoms with Gasteiger partial charge in [0.2, 0.25) is 0 Å². The summed E-state index contributed by atoms with van der Waals surface area (Å²) in [5.74, 6) is 1.57. The summed E-state index contributed by atoms with van der Waals surface area (Å²) in [6.45, 7) is 12.8. The molecule has 0 radical (unpaired) electrons. The minimum Gasteiger partial charge on any atom is -0.376 e. The predicted octanol–water partition coefficient (Wildman–Crippen LogP) is 3.04. The molecule has 3 heteroatoms. The van der Waals surface area contributed by atoms with Gasteiger partial charge in [0, 0.05) is 37.3 Å². The SMILES string of the molecule is CCC1(CC)CN(C2CCOC2C2CC2)C(C(C)C)CN1. The summed E-state index contributed by atoms with van der Waals surface area (Å²) in [5, 5.41) is 3.89. The van der Waals surface area contributed by atoms with Gasteiger partial charge in [-0.25, -0.2) is 0 Å². The highest BCUT2D eigenvalue weighted by atomic mass is 16.5. The first-order valence-corrected chi connectivity index (χ1v) is 9.22. The quantitative estimate of drug-likeness (QED) is 0.843. The zero-order valence-electron chi connectivity index (χ0n) is 14.4. The molecule has 2 saturated heterocycles. The monoisotopic (exact) mass is 294 g/mol. The maximum absolute atomic E-state index is 6.14. The molecule has 0 spiro atoms. The minimum atomic E-state index is 0.322. The lowest BCUT2D eigenvalue weighted by molar-refractivity contribution is -0.0208. The van der Waals surface area contributed by atoms with Crippen LogP contribution in [0.3, 0.4) is 0 Å². The summed E-state index contributed by atoms with van der Waals surface area (Å²) in [6.07, 6.45) is 7.02. The molecule has 21 heavy (non-hydrogen) atoms. The van der Waals surface area contributed by atoms with E-state index >= 15 is 0 Å². The molecule has 3 aliphatic rings. The van der Waals surface area contributed by atoms with Crippen molar-refractivity contribution in [3.05, 3.63) is 0 Å². The number of ether oxygens (including phenoxy) is 1. The Morgan fingerprint density at radius 2 is 1.90 bits per heavy atom. The molecule has 3 atom stereocenters. The van der Waals surface area contributed by atoms with E-state index in [1.807, 2.05) is 0 Å². The molecule has 122 valence electrons. The van der Waals surface area contributed by atoms with E-state index in [1.165, 1.54) is 38.6 Å². The van der Waals surface area contributed by atoms with Crippen LogP contribution in [0.15, 0.2) is 0 Å². The molecule has 3 nitrogen and oxygen atoms in total. The second-order valence-electron chi connectivity index (χ2n) is 7.88. The highest BCUT2D eigenvalue weighted by molar-refractivity contribution is 5.04. The van der Waals surface area contributed by atoms with Gasteiger partial charge in [0.05, 0.1) is 6.10 Å². The third kappa shape index (κ3) is 3.02. The molecule has 1 aliphatic carbocycles. The van der Waals surface area contributed by atoms with E-state index in [9.17, 15) is 0 Å². The number of hydrogen-bond acceptors (Lipinski definition) is 3. The first kappa shape index (κ1) is 15.8. The van der Waals surface area contributed by atoms with Gasteiger partial charge in [-0.3, -0.25) is 4.90 Å². The summed E-state index contributed by atoms with van der Waals surface area (Å²) in [5.41, 5.74) is 0.322. The molecule has 0 amide bonds. The zero-order chi connectivity index (χ0) is 15.0. The van der Waals surface area contributed by atoms with Gasteiger partial charge in [0.25, 0.3) is 0 Å². The summed E-state index contributed by atoms with van der Waals surface area (Å²) < 4.78 is 6.14. The van der Waals surface area contributed by atoms with Gasteiger partial charge in [-0.15, -0.1) is 0 Å². The van der Waals surface area contributed by atoms with E-state index in [0.717, 1.165) is 19.1 Å². The van der Waals surface area contributed by atoms with Crippen molar-refractivity contribution < 1.29 is 4.74 Å². The Morgan fingerprint density at radius 1 is 1.19 bits per heavy atom. The maximum atomic E-state index is 6.14. The van der Waals surface area contributed by atoms with Crippen molar-refractivity contribution in [2.24, 2.45) is 11.8 Å². The van der Waals surface area contributed by atoms with Crippen LogP contribution in [0.5, 0.6) is 0 Å². The third-order valence-electron chi connectivity index (χ3n) is 6.34. The second-order valence-corrected chi connectivity index (χ2v) is 7.88. The van der Waals surface area contributed by atoms with Crippen molar-refractivity contribution >= 4 is 0 Å². The van der Waals surface area contributed by atoms with E-state index in [4.69, 9.17) is 4.74 Å². The number of rotatable bonds is 5. The number of piperazine rings is 1. The summed E-state index contributed by atoms with van der Waals surface area (Å²) in [7, 11) is 0. The van der Waals surface area contributed by atoms with Crippen LogP contribution < -0.4 is 5.32 Å². The topological polar surface area (TPSA) is 24.5 Å². The fraction of sp³-hybridized carbons (Fsp3) is 1.00. The van der Waals surface area contributed by atoms with Crippen LogP contribution in [-0.2, 0) is 4.74 Å². The third-order valence-corrected chi connectivity index (χ3v) is 6.34. The fourth-order valence-electron chi connectivity index (χ4n) is 4.50. The summed E-state index contributed by atoms with van der Waals surface area (Å²) >= 11 is 0. The molecular weight excluding hydrogens is 260 g/mol. The molecule has 3 rings (SSSR count). The normalized spacial score (nSPS) is 37.3. The molecule has 1 saturated carbocycles. The zero-order valence-corrected chi connectivity index (χ0v) is 14.4. The Bertz CT molecular complexity index is 349. The molecule has 1 N–H and O–H groups in total. The highest BCUT2D eigenvalue weighted by Crippen LogP contribution is 2.42. The Labute approximate surface area is 130 Å². The lowest BCUT2D eigenvalue weighted by Gasteiger charge is -2.52. The van der Waals surface area contributed by atoms with Gasteiger partial charge < -0.3 is 10.1 Å². The van der Waals surface area contributed by atoms with Crippen molar-refractivity contribution in [1.82, 2.24) is 10.2 Å². The van der Waals surface area contributed by atoms with Gasteiger partial charge >= 0.3 is 0 Å². The van der Waals surface area contributed by atoms with E-state index in [0.29, 0.717) is 29.6 Å². The molecule has 3 unspecified atom stereocenters. The minimum absolute atomic E-state index is 0.322. The molecule has 2 aliphatic heterocycles. The summed E-state index contributed by atoms with van der Waals surface area (Å²) in [6, 6.07) is 1.34. The van der Waals surface area contributed by atoms with Gasteiger partial charge in [-0.2, -0.15) is 0 Å². The van der Waals surface area contributed by atoms with Gasteiger partial charge in [-0.05, 0) is 43.9 Å². The van der Waals surface area contributed by atoms with Crippen LogP contribution in [0.4, 0.5) is 0 Å². The van der Waals surface area contributed by atoms with E-state index in [-0.39, 0.29) is 0 Å². The lowest BCUT2D eigenvalue weighted by atomic mass is 9.84. The molecular formula is C18H34N2O. The van der Waals surface area contributed by atoms with Crippen molar-refractivity contribution in [1.29, 1.82) is 0 Å². The Morgan fingerprint density at radius 3 is 2.48 bits per heavy atom. The van der Waals surface area contributed by atoms with Crippen LogP contribution in [0.25, 0.3) is 0 Å². The standard InChI is InChI=1S/C18H34N2O/c1-5-18(6-2)12-20(16(11-19-18)13(3)4)15-9-10-21-17(15)14-7-8-14/h13-17,19H,5-12H2,1-4H3. The molecule has 0 aromatic rings. The average Bonchev–Trinajstić information content (AvgIpc) is 3.23. The average molecular weight is 294 g/mol. The van der Waals surface area contributed by atoms with Crippen molar-refractivity contribution in [2.75, 3.05) is 19.7 Å². The van der Waals surface area contributed by atoms with Crippen LogP contribution in [0.2, 0.25) is 0 Å². The first-order valence-electron chi connectivity index (χ1n) is 9.22. The first-order chi connectivity index (χ1) is 10.1. The Kier molecular flexibility index (Phi) is 4.63. The predicted molar refractivity (Wildman–Crippen MR) is 87.5 cm³/mol. The van der Waals surface area contributed by atoms with E-state index < -0.39 is 0 Å². The highest BCUT2D eigenvalue weighted by Gasteiger charge is 2.48. The summed E-state index contributed by atoms with van der Waals surface area (Å²) in [4.78, 5) is 2.85. The van der Waals surface area contributed by atoms with Gasteiger partial charge in [0.1, 0.15) is 0 Å². The van der Waals surface area contributed by atoms with E-state index in [1.54, 1.807) is 0 Å². The van der Waals surface area contributed by atoms with Crippen LogP contribution in [-0.4, -0.2) is 48.3 Å². The van der Waals surface area contributed by atoms with Crippen molar-refractivity contribution in [3.63, 3.8) is 0 Å². The van der Waals surface area contributed by atoms with E-state index in [2.05, 4.69) is 37.9 Å². The smallest absolute Gasteiger partial charge is 0.0759 e. The molecule has 0 bridgehead atoms. The Balaban J connectivity index is 1.79. The van der Waals surface area contributed by atoms with Gasteiger partial charge in [0.15, 0.2) is 0 Å². The fourth-order valence-corrected chi connectivity index (χ4v) is 4.50. The second kappa shape index (κ2) is 6.17. The van der Waals surface area contributed by atoms with Crippen LogP contribution in [0.1, 0.15) is 59.8 Å². The Hall–Kier alpha value is -0.120. The molecule has 0 aromatic carbocycles. The number of hydrogen-bond donors (Lipinski definition) is 1. The number of nitrogens with one attached hydrogen (secondary N) is 1. The van der Waals surface area contributed by atoms with Crippen LogP contribution in [0, 0.1) is 11.8 Å². The maximum Gasteiger partial charge on any atom is 0.0759 e. The molecule has 2 heterocycles. The molecule has 3 fully saturated rings. The van der Waals surface area contributed by atoms with Crippen molar-refractivity contribution in [3.8, 4) is 0 Å². The van der Waals surface area contributed by atoms with Crippen molar-refractivity contribution in [2.45, 2.75) is 83.5 Å².